The fraction of sp³-hybridized carbons (Fsp3) is 0.875. The molecule has 4 heteroatoms. The Bertz CT molecular complexity index is 164. The topological polar surface area (TPSA) is 59.6 Å². The lowest BCUT2D eigenvalue weighted by atomic mass is 10.5. The van der Waals surface area contributed by atoms with E-state index in [0.29, 0.717) is 12.6 Å². The van der Waals surface area contributed by atoms with Gasteiger partial charge >= 0.3 is 0 Å². The molecule has 1 fully saturated rings. The average molecular weight is 171 g/mol. The minimum Gasteiger partial charge on any atom is -0.371 e. The van der Waals surface area contributed by atoms with Crippen LogP contribution in [0.5, 0.6) is 0 Å². The number of aliphatic imine (C=N–C) groups is 1. The summed E-state index contributed by atoms with van der Waals surface area (Å²) >= 11 is 0. The molecule has 0 spiro atoms. The molecule has 0 aromatic rings. The van der Waals surface area contributed by atoms with Crippen LogP contribution in [0, 0.1) is 0 Å². The van der Waals surface area contributed by atoms with Crippen molar-refractivity contribution >= 4 is 5.84 Å². The predicted octanol–water partition coefficient (Wildman–Crippen LogP) is 0.436. The van der Waals surface area contributed by atoms with Gasteiger partial charge in [0.25, 0.3) is 0 Å². The van der Waals surface area contributed by atoms with E-state index in [1.54, 1.807) is 0 Å². The van der Waals surface area contributed by atoms with Gasteiger partial charge in [-0.15, -0.1) is 0 Å². The number of nitrogens with zero attached hydrogens (tertiary/aromatic N) is 1. The van der Waals surface area contributed by atoms with E-state index >= 15 is 0 Å². The first kappa shape index (κ1) is 9.48. The Labute approximate surface area is 73.2 Å². The van der Waals surface area contributed by atoms with Crippen LogP contribution in [0.15, 0.2) is 4.99 Å². The highest BCUT2D eigenvalue weighted by atomic mass is 16.5. The molecule has 0 heterocycles. The van der Waals surface area contributed by atoms with Gasteiger partial charge in [0.05, 0.1) is 12.1 Å². The van der Waals surface area contributed by atoms with Gasteiger partial charge in [-0.3, -0.25) is 4.99 Å². The zero-order valence-corrected chi connectivity index (χ0v) is 7.71. The smallest absolute Gasteiger partial charge is 0.137 e. The fourth-order valence-electron chi connectivity index (χ4n) is 0.786. The van der Waals surface area contributed by atoms with Crippen LogP contribution in [0.2, 0.25) is 0 Å². The molecule has 1 rings (SSSR count). The molecule has 0 bridgehead atoms. The van der Waals surface area contributed by atoms with Gasteiger partial charge in [0.2, 0.25) is 0 Å². The highest BCUT2D eigenvalue weighted by Gasteiger charge is 2.20. The molecule has 3 N–H and O–H groups in total. The number of hydrazine groups is 1. The summed E-state index contributed by atoms with van der Waals surface area (Å²) in [6, 6.07) is 0.492. The van der Waals surface area contributed by atoms with E-state index in [9.17, 15) is 0 Å². The molecule has 4 nitrogen and oxygen atoms in total. The van der Waals surface area contributed by atoms with Crippen LogP contribution in [0.1, 0.15) is 26.7 Å². The minimum atomic E-state index is 0.225. The van der Waals surface area contributed by atoms with E-state index < -0.39 is 0 Å². The van der Waals surface area contributed by atoms with E-state index in [0.717, 1.165) is 5.84 Å². The lowest BCUT2D eigenvalue weighted by molar-refractivity contribution is 0.109. The lowest BCUT2D eigenvalue weighted by Crippen LogP contribution is -2.35. The quantitative estimate of drug-likeness (QED) is 0.279. The van der Waals surface area contributed by atoms with Crippen molar-refractivity contribution in [3.05, 3.63) is 0 Å². The first-order chi connectivity index (χ1) is 5.72. The van der Waals surface area contributed by atoms with Crippen molar-refractivity contribution in [2.75, 3.05) is 6.61 Å². The molecular formula is C8H17N3O. The Hall–Kier alpha value is -0.610. The van der Waals surface area contributed by atoms with E-state index in [-0.39, 0.29) is 6.10 Å². The van der Waals surface area contributed by atoms with Crippen LogP contribution >= 0.6 is 0 Å². The minimum absolute atomic E-state index is 0.225. The number of nitrogens with two attached hydrogens (primary N) is 1. The van der Waals surface area contributed by atoms with Crippen LogP contribution in [0.3, 0.4) is 0 Å². The second-order valence-corrected chi connectivity index (χ2v) is 3.31. The zero-order chi connectivity index (χ0) is 8.97. The Morgan fingerprint density at radius 2 is 2.33 bits per heavy atom. The van der Waals surface area contributed by atoms with Crippen molar-refractivity contribution < 1.29 is 4.74 Å². The third-order valence-electron chi connectivity index (χ3n) is 1.61. The van der Waals surface area contributed by atoms with Crippen LogP contribution in [-0.4, -0.2) is 24.6 Å². The lowest BCUT2D eigenvalue weighted by Gasteiger charge is -2.09. The molecule has 0 atom stereocenters. The average Bonchev–Trinajstić information content (AvgIpc) is 2.81. The maximum Gasteiger partial charge on any atom is 0.137 e. The molecule has 70 valence electrons. The number of hydrogen-bond donors (Lipinski definition) is 2. The molecule has 0 unspecified atom stereocenters. The molecule has 0 saturated heterocycles. The SMILES string of the molecule is CC(C)OCC(=NC1CC1)NN. The van der Waals surface area contributed by atoms with Gasteiger partial charge in [-0.25, -0.2) is 5.84 Å². The Morgan fingerprint density at radius 3 is 2.75 bits per heavy atom. The van der Waals surface area contributed by atoms with Crippen molar-refractivity contribution in [1.82, 2.24) is 5.43 Å². The normalized spacial score (nSPS) is 18.5. The zero-order valence-electron chi connectivity index (χ0n) is 7.71. The molecule has 1 aliphatic rings. The molecule has 0 radical (unpaired) electrons. The van der Waals surface area contributed by atoms with Crippen LogP contribution in [0.4, 0.5) is 0 Å². The maximum absolute atomic E-state index is 5.35. The molecule has 1 saturated carbocycles. The number of nitrogens with one attached hydrogen (secondary N) is 1. The van der Waals surface area contributed by atoms with Gasteiger partial charge in [0.15, 0.2) is 0 Å². The van der Waals surface area contributed by atoms with Gasteiger partial charge in [-0.1, -0.05) is 0 Å². The number of rotatable bonds is 4. The van der Waals surface area contributed by atoms with Gasteiger partial charge < -0.3 is 10.2 Å². The van der Waals surface area contributed by atoms with Gasteiger partial charge in [-0.2, -0.15) is 0 Å². The third-order valence-corrected chi connectivity index (χ3v) is 1.61. The molecule has 12 heavy (non-hydrogen) atoms. The summed E-state index contributed by atoms with van der Waals surface area (Å²) in [6.45, 7) is 4.47. The van der Waals surface area contributed by atoms with Crippen molar-refractivity contribution in [2.24, 2.45) is 10.8 Å². The predicted molar refractivity (Wildman–Crippen MR) is 48.9 cm³/mol. The van der Waals surface area contributed by atoms with Gasteiger partial charge in [0, 0.05) is 0 Å². The molecule has 1 aliphatic carbocycles. The standard InChI is InChI=1S/C8H17N3O/c1-6(2)12-5-8(11-9)10-7-3-4-7/h6-7H,3-5,9H2,1-2H3,(H,10,11). The monoisotopic (exact) mass is 171 g/mol. The highest BCUT2D eigenvalue weighted by molar-refractivity contribution is 5.83. The van der Waals surface area contributed by atoms with E-state index in [1.165, 1.54) is 12.8 Å². The summed E-state index contributed by atoms with van der Waals surface area (Å²) in [5.41, 5.74) is 2.55. The van der Waals surface area contributed by atoms with Crippen molar-refractivity contribution in [3.8, 4) is 0 Å². The summed E-state index contributed by atoms with van der Waals surface area (Å²) in [5, 5.41) is 0. The van der Waals surface area contributed by atoms with E-state index in [2.05, 4.69) is 10.4 Å². The molecule has 0 aromatic heterocycles. The second kappa shape index (κ2) is 4.42. The summed E-state index contributed by atoms with van der Waals surface area (Å²) in [7, 11) is 0. The Morgan fingerprint density at radius 1 is 1.67 bits per heavy atom. The fourth-order valence-corrected chi connectivity index (χ4v) is 0.786. The summed E-state index contributed by atoms with van der Waals surface area (Å²) < 4.78 is 5.35. The van der Waals surface area contributed by atoms with Crippen molar-refractivity contribution in [1.29, 1.82) is 0 Å². The van der Waals surface area contributed by atoms with E-state index in [4.69, 9.17) is 10.6 Å². The number of amidine groups is 1. The Kier molecular flexibility index (Phi) is 3.49. The Balaban J connectivity index is 2.24. The van der Waals surface area contributed by atoms with Crippen LogP contribution < -0.4 is 11.3 Å². The van der Waals surface area contributed by atoms with Gasteiger partial charge in [0.1, 0.15) is 12.4 Å². The number of hydrogen-bond acceptors (Lipinski definition) is 3. The first-order valence-electron chi connectivity index (χ1n) is 4.37. The second-order valence-electron chi connectivity index (χ2n) is 3.31. The molecule has 0 aliphatic heterocycles. The molecular weight excluding hydrogens is 154 g/mol. The third kappa shape index (κ3) is 3.69. The van der Waals surface area contributed by atoms with Crippen molar-refractivity contribution in [3.63, 3.8) is 0 Å². The number of ether oxygens (including phenoxy) is 1. The molecule has 0 amide bonds. The van der Waals surface area contributed by atoms with Crippen LogP contribution in [-0.2, 0) is 4.74 Å². The van der Waals surface area contributed by atoms with Crippen molar-refractivity contribution in [2.45, 2.75) is 38.8 Å². The van der Waals surface area contributed by atoms with E-state index in [1.807, 2.05) is 13.8 Å². The molecule has 0 aromatic carbocycles. The highest BCUT2D eigenvalue weighted by Crippen LogP contribution is 2.23. The first-order valence-corrected chi connectivity index (χ1v) is 4.37. The largest absolute Gasteiger partial charge is 0.371 e. The van der Waals surface area contributed by atoms with Crippen LogP contribution in [0.25, 0.3) is 0 Å². The summed E-state index contributed by atoms with van der Waals surface area (Å²) in [4.78, 5) is 4.33. The summed E-state index contributed by atoms with van der Waals surface area (Å²) in [6.07, 6.45) is 2.60. The maximum atomic E-state index is 5.35. The summed E-state index contributed by atoms with van der Waals surface area (Å²) in [5.74, 6) is 6.03. The van der Waals surface area contributed by atoms with Gasteiger partial charge in [-0.05, 0) is 26.7 Å².